The van der Waals surface area contributed by atoms with Crippen molar-refractivity contribution in [3.63, 3.8) is 0 Å². The Morgan fingerprint density at radius 3 is 2.78 bits per heavy atom. The molecule has 120 valence electrons. The molecule has 0 amide bonds. The van der Waals surface area contributed by atoms with Crippen molar-refractivity contribution in [2.75, 3.05) is 26.3 Å². The summed E-state index contributed by atoms with van der Waals surface area (Å²) in [6, 6.07) is 7.05. The minimum Gasteiger partial charge on any atom is -0.507 e. The summed E-state index contributed by atoms with van der Waals surface area (Å²) in [5.74, 6) is 0.823. The number of nitrogens with two attached hydrogens (primary N) is 1. The highest BCUT2D eigenvalue weighted by molar-refractivity contribution is 5.80. The number of phenolic OH excluding ortho intramolecular Hbond substituents is 1. The van der Waals surface area contributed by atoms with Crippen molar-refractivity contribution in [1.82, 2.24) is 14.9 Å². The molecule has 0 unspecified atom stereocenters. The Bertz CT molecular complexity index is 726. The molecule has 1 aromatic heterocycles. The van der Waals surface area contributed by atoms with Crippen LogP contribution in [0.5, 0.6) is 5.75 Å². The number of phenols is 1. The van der Waals surface area contributed by atoms with Gasteiger partial charge in [0.2, 0.25) is 0 Å². The molecule has 0 spiro atoms. The molecular formula is C16H19N5O2. The zero-order valence-corrected chi connectivity index (χ0v) is 12.9. The van der Waals surface area contributed by atoms with Crippen molar-refractivity contribution < 1.29 is 9.84 Å². The zero-order valence-electron chi connectivity index (χ0n) is 12.9. The second kappa shape index (κ2) is 6.62. The number of nitrogens with zero attached hydrogens (tertiary/aromatic N) is 4. The molecular weight excluding hydrogens is 294 g/mol. The Morgan fingerprint density at radius 2 is 2.04 bits per heavy atom. The number of morpholine rings is 1. The fraction of sp³-hybridized carbons (Fsp3) is 0.312. The lowest BCUT2D eigenvalue weighted by atomic mass is 10.1. The van der Waals surface area contributed by atoms with Gasteiger partial charge in [-0.15, -0.1) is 0 Å². The van der Waals surface area contributed by atoms with Gasteiger partial charge in [0, 0.05) is 24.8 Å². The van der Waals surface area contributed by atoms with E-state index in [1.807, 2.05) is 24.0 Å². The third-order valence-corrected chi connectivity index (χ3v) is 3.67. The molecule has 2 aromatic rings. The van der Waals surface area contributed by atoms with Gasteiger partial charge in [-0.3, -0.25) is 0 Å². The average Bonchev–Trinajstić information content (AvgIpc) is 2.58. The van der Waals surface area contributed by atoms with Crippen LogP contribution < -0.4 is 5.73 Å². The van der Waals surface area contributed by atoms with Crippen molar-refractivity contribution in [2.45, 2.75) is 6.92 Å². The molecule has 1 aromatic carbocycles. The molecule has 0 aliphatic carbocycles. The summed E-state index contributed by atoms with van der Waals surface area (Å²) in [6.45, 7) is 4.56. The summed E-state index contributed by atoms with van der Waals surface area (Å²) < 4.78 is 5.29. The van der Waals surface area contributed by atoms with Crippen LogP contribution in [0.4, 0.5) is 5.95 Å². The lowest BCUT2D eigenvalue weighted by molar-refractivity contribution is 0.0675. The van der Waals surface area contributed by atoms with Crippen LogP contribution in [0.15, 0.2) is 35.5 Å². The highest BCUT2D eigenvalue weighted by Gasteiger charge is 2.14. The van der Waals surface area contributed by atoms with E-state index in [0.29, 0.717) is 43.5 Å². The van der Waals surface area contributed by atoms with E-state index >= 15 is 0 Å². The van der Waals surface area contributed by atoms with E-state index in [-0.39, 0.29) is 11.7 Å². The third-order valence-electron chi connectivity index (χ3n) is 3.67. The molecule has 0 radical (unpaired) electrons. The summed E-state index contributed by atoms with van der Waals surface area (Å²) in [7, 11) is 0. The quantitative estimate of drug-likeness (QED) is 0.643. The maximum Gasteiger partial charge on any atom is 0.253 e. The Hall–Kier alpha value is -2.67. The van der Waals surface area contributed by atoms with E-state index < -0.39 is 0 Å². The number of hydrogen-bond acceptors (Lipinski definition) is 5. The molecule has 1 aliphatic rings. The fourth-order valence-corrected chi connectivity index (χ4v) is 2.40. The van der Waals surface area contributed by atoms with Crippen molar-refractivity contribution in [3.8, 4) is 17.0 Å². The number of ether oxygens (including phenoxy) is 1. The SMILES string of the molecule is Cc1cnc(N=C(N)N2CCOCC2)nc1-c1ccccc1O. The number of benzene rings is 1. The molecule has 3 rings (SSSR count). The van der Waals surface area contributed by atoms with Gasteiger partial charge in [0.05, 0.1) is 18.9 Å². The van der Waals surface area contributed by atoms with E-state index in [9.17, 15) is 5.11 Å². The number of hydrogen-bond donors (Lipinski definition) is 2. The van der Waals surface area contributed by atoms with Gasteiger partial charge in [0.25, 0.3) is 5.95 Å². The van der Waals surface area contributed by atoms with Gasteiger partial charge in [-0.2, -0.15) is 4.99 Å². The van der Waals surface area contributed by atoms with Crippen molar-refractivity contribution in [2.24, 2.45) is 10.7 Å². The number of para-hydroxylation sites is 1. The van der Waals surface area contributed by atoms with E-state index in [1.54, 1.807) is 18.3 Å². The zero-order chi connectivity index (χ0) is 16.2. The van der Waals surface area contributed by atoms with Gasteiger partial charge >= 0.3 is 0 Å². The number of aliphatic imine (C=N–C) groups is 1. The van der Waals surface area contributed by atoms with Gasteiger partial charge in [-0.25, -0.2) is 9.97 Å². The van der Waals surface area contributed by atoms with Gasteiger partial charge in [-0.05, 0) is 24.6 Å². The van der Waals surface area contributed by atoms with Crippen LogP contribution in [-0.4, -0.2) is 52.2 Å². The number of rotatable bonds is 2. The van der Waals surface area contributed by atoms with Crippen LogP contribution in [0.3, 0.4) is 0 Å². The van der Waals surface area contributed by atoms with Crippen molar-refractivity contribution >= 4 is 11.9 Å². The van der Waals surface area contributed by atoms with E-state index in [2.05, 4.69) is 15.0 Å². The monoisotopic (exact) mass is 313 g/mol. The minimum absolute atomic E-state index is 0.172. The molecule has 7 heteroatoms. The predicted octanol–water partition coefficient (Wildman–Crippen LogP) is 1.44. The van der Waals surface area contributed by atoms with E-state index in [4.69, 9.17) is 10.5 Å². The molecule has 0 bridgehead atoms. The largest absolute Gasteiger partial charge is 0.507 e. The van der Waals surface area contributed by atoms with Crippen molar-refractivity contribution in [1.29, 1.82) is 0 Å². The molecule has 0 atom stereocenters. The van der Waals surface area contributed by atoms with Crippen LogP contribution in [0.1, 0.15) is 5.56 Å². The number of aromatic nitrogens is 2. The maximum atomic E-state index is 10.0. The van der Waals surface area contributed by atoms with Gasteiger partial charge in [-0.1, -0.05) is 12.1 Å². The summed E-state index contributed by atoms with van der Waals surface area (Å²) >= 11 is 0. The van der Waals surface area contributed by atoms with Crippen LogP contribution in [0.2, 0.25) is 0 Å². The number of aromatic hydroxyl groups is 1. The lowest BCUT2D eigenvalue weighted by Crippen LogP contribution is -2.44. The Morgan fingerprint density at radius 1 is 1.30 bits per heavy atom. The summed E-state index contributed by atoms with van der Waals surface area (Å²) in [5, 5.41) is 10.0. The van der Waals surface area contributed by atoms with Crippen molar-refractivity contribution in [3.05, 3.63) is 36.0 Å². The Labute approximate surface area is 134 Å². The first-order chi connectivity index (χ1) is 11.1. The fourth-order valence-electron chi connectivity index (χ4n) is 2.40. The normalized spacial score (nSPS) is 15.7. The standard InChI is InChI=1S/C16H19N5O2/c1-11-10-18-16(20-15(17)21-6-8-23-9-7-21)19-14(11)12-4-2-3-5-13(12)22/h2-5,10,22H,6-9H2,1H3,(H2,17,18,19,20). The predicted molar refractivity (Wildman–Crippen MR) is 87.5 cm³/mol. The highest BCUT2D eigenvalue weighted by atomic mass is 16.5. The molecule has 1 saturated heterocycles. The molecule has 0 saturated carbocycles. The van der Waals surface area contributed by atoms with E-state index in [1.165, 1.54) is 0 Å². The second-order valence-corrected chi connectivity index (χ2v) is 5.29. The first kappa shape index (κ1) is 15.2. The minimum atomic E-state index is 0.172. The lowest BCUT2D eigenvalue weighted by Gasteiger charge is -2.27. The Kier molecular flexibility index (Phi) is 4.38. The smallest absolute Gasteiger partial charge is 0.253 e. The average molecular weight is 313 g/mol. The molecule has 7 nitrogen and oxygen atoms in total. The molecule has 1 aliphatic heterocycles. The first-order valence-electron chi connectivity index (χ1n) is 7.44. The van der Waals surface area contributed by atoms with Crippen LogP contribution in [0, 0.1) is 6.92 Å². The summed E-state index contributed by atoms with van der Waals surface area (Å²) in [6.07, 6.45) is 1.68. The summed E-state index contributed by atoms with van der Waals surface area (Å²) in [5.41, 5.74) is 8.18. The highest BCUT2D eigenvalue weighted by Crippen LogP contribution is 2.30. The summed E-state index contributed by atoms with van der Waals surface area (Å²) in [4.78, 5) is 14.9. The van der Waals surface area contributed by atoms with Gasteiger partial charge < -0.3 is 20.5 Å². The third kappa shape index (κ3) is 3.40. The maximum absolute atomic E-state index is 10.0. The molecule has 1 fully saturated rings. The van der Waals surface area contributed by atoms with Crippen LogP contribution >= 0.6 is 0 Å². The number of aryl methyl sites for hydroxylation is 1. The van der Waals surface area contributed by atoms with Gasteiger partial charge in [0.1, 0.15) is 5.75 Å². The second-order valence-electron chi connectivity index (χ2n) is 5.29. The molecule has 2 heterocycles. The molecule has 3 N–H and O–H groups in total. The van der Waals surface area contributed by atoms with Crippen LogP contribution in [0.25, 0.3) is 11.3 Å². The first-order valence-corrected chi connectivity index (χ1v) is 7.44. The topological polar surface area (TPSA) is 96.9 Å². The van der Waals surface area contributed by atoms with Gasteiger partial charge in [0.15, 0.2) is 5.96 Å². The Balaban J connectivity index is 1.93. The van der Waals surface area contributed by atoms with E-state index in [0.717, 1.165) is 5.56 Å². The number of guanidine groups is 1. The van der Waals surface area contributed by atoms with Crippen LogP contribution in [-0.2, 0) is 4.74 Å². The molecule has 23 heavy (non-hydrogen) atoms.